The van der Waals surface area contributed by atoms with Gasteiger partial charge in [-0.2, -0.15) is 0 Å². The van der Waals surface area contributed by atoms with Gasteiger partial charge in [0.05, 0.1) is 27.4 Å². The molecule has 2 aromatic carbocycles. The summed E-state index contributed by atoms with van der Waals surface area (Å²) in [5.41, 5.74) is 1.36. The van der Waals surface area contributed by atoms with Crippen LogP contribution in [-0.2, 0) is 0 Å². The minimum atomic E-state index is -0.952. The monoisotopic (exact) mass is 490 g/mol. The van der Waals surface area contributed by atoms with Crippen molar-refractivity contribution in [2.75, 3.05) is 0 Å². The van der Waals surface area contributed by atoms with Gasteiger partial charge in [0.2, 0.25) is 5.88 Å². The van der Waals surface area contributed by atoms with E-state index in [1.165, 1.54) is 16.9 Å². The van der Waals surface area contributed by atoms with E-state index in [0.717, 1.165) is 5.56 Å². The van der Waals surface area contributed by atoms with Crippen molar-refractivity contribution in [3.8, 4) is 23.0 Å². The van der Waals surface area contributed by atoms with E-state index >= 15 is 0 Å². The first-order valence-corrected chi connectivity index (χ1v) is 11.2. The molecule has 0 bridgehead atoms. The summed E-state index contributed by atoms with van der Waals surface area (Å²) in [7, 11) is 0. The third-order valence-electron chi connectivity index (χ3n) is 6.34. The summed E-state index contributed by atoms with van der Waals surface area (Å²) >= 11 is 0. The number of aromatic nitrogens is 5. The second-order valence-electron chi connectivity index (χ2n) is 8.38. The van der Waals surface area contributed by atoms with Crippen LogP contribution in [0.25, 0.3) is 28.0 Å². The molecule has 11 heteroatoms. The minimum Gasteiger partial charge on any atom is -0.437 e. The number of pyridine rings is 1. The highest BCUT2D eigenvalue weighted by atomic mass is 16.6. The maximum absolute atomic E-state index is 13.4. The second-order valence-corrected chi connectivity index (χ2v) is 8.38. The third kappa shape index (κ3) is 3.11. The SMILES string of the molecule is O=c1oc2ccccc2c2c1C(c1ccccc1[N+](=O)[O-])c1c(ncn3nc(-c4ccncc4)nc13)O2. The molecule has 0 fully saturated rings. The molecule has 11 nitrogen and oxygen atoms in total. The van der Waals surface area contributed by atoms with Crippen molar-refractivity contribution in [1.29, 1.82) is 0 Å². The Kier molecular flexibility index (Phi) is 4.39. The summed E-state index contributed by atoms with van der Waals surface area (Å²) in [4.78, 5) is 38.2. The molecule has 0 amide bonds. The van der Waals surface area contributed by atoms with Crippen LogP contribution >= 0.6 is 0 Å². The number of benzene rings is 2. The zero-order valence-corrected chi connectivity index (χ0v) is 18.8. The van der Waals surface area contributed by atoms with Gasteiger partial charge in [-0.05, 0) is 24.3 Å². The summed E-state index contributed by atoms with van der Waals surface area (Å²) in [6.45, 7) is 0. The molecule has 1 unspecified atom stereocenters. The van der Waals surface area contributed by atoms with Crippen LogP contribution in [0.2, 0.25) is 0 Å². The van der Waals surface area contributed by atoms with E-state index < -0.39 is 16.5 Å². The maximum Gasteiger partial charge on any atom is 0.344 e. The van der Waals surface area contributed by atoms with Gasteiger partial charge >= 0.3 is 5.63 Å². The zero-order chi connectivity index (χ0) is 25.1. The fourth-order valence-corrected chi connectivity index (χ4v) is 4.76. The van der Waals surface area contributed by atoms with Crippen LogP contribution < -0.4 is 10.4 Å². The number of nitro benzene ring substituents is 1. The van der Waals surface area contributed by atoms with Gasteiger partial charge in [0.25, 0.3) is 5.69 Å². The Morgan fingerprint density at radius 1 is 0.973 bits per heavy atom. The molecule has 0 saturated heterocycles. The Hall–Kier alpha value is -5.45. The molecule has 0 N–H and O–H groups in total. The minimum absolute atomic E-state index is 0.129. The average Bonchev–Trinajstić information content (AvgIpc) is 3.37. The molecule has 0 saturated carbocycles. The number of fused-ring (bicyclic) bond motifs is 6. The van der Waals surface area contributed by atoms with Gasteiger partial charge in [0.15, 0.2) is 17.2 Å². The van der Waals surface area contributed by atoms with E-state index in [9.17, 15) is 14.9 Å². The van der Waals surface area contributed by atoms with Crippen molar-refractivity contribution >= 4 is 22.3 Å². The zero-order valence-electron chi connectivity index (χ0n) is 18.8. The van der Waals surface area contributed by atoms with Crippen molar-refractivity contribution in [2.45, 2.75) is 5.92 Å². The molecule has 1 aliphatic heterocycles. The van der Waals surface area contributed by atoms with Crippen molar-refractivity contribution in [3.05, 3.63) is 117 Å². The molecule has 6 aromatic rings. The summed E-state index contributed by atoms with van der Waals surface area (Å²) in [6, 6.07) is 16.7. The lowest BCUT2D eigenvalue weighted by atomic mass is 9.83. The fourth-order valence-electron chi connectivity index (χ4n) is 4.76. The van der Waals surface area contributed by atoms with Gasteiger partial charge in [-0.15, -0.1) is 5.10 Å². The van der Waals surface area contributed by atoms with Gasteiger partial charge in [-0.3, -0.25) is 15.1 Å². The number of ether oxygens (including phenoxy) is 1. The number of para-hydroxylation sites is 2. The second kappa shape index (κ2) is 7.78. The molecule has 1 aliphatic rings. The van der Waals surface area contributed by atoms with E-state index in [0.29, 0.717) is 28.0 Å². The van der Waals surface area contributed by atoms with E-state index in [-0.39, 0.29) is 28.4 Å². The Bertz CT molecular complexity index is 1930. The van der Waals surface area contributed by atoms with Crippen LogP contribution in [0.5, 0.6) is 11.6 Å². The van der Waals surface area contributed by atoms with Crippen LogP contribution in [0.4, 0.5) is 5.69 Å². The lowest BCUT2D eigenvalue weighted by molar-refractivity contribution is -0.385. The Morgan fingerprint density at radius 2 is 1.76 bits per heavy atom. The third-order valence-corrected chi connectivity index (χ3v) is 6.34. The molecule has 37 heavy (non-hydrogen) atoms. The van der Waals surface area contributed by atoms with Crippen LogP contribution in [0.1, 0.15) is 22.6 Å². The molecule has 178 valence electrons. The maximum atomic E-state index is 13.4. The number of rotatable bonds is 3. The molecule has 0 aliphatic carbocycles. The van der Waals surface area contributed by atoms with E-state index in [1.807, 2.05) is 0 Å². The lowest BCUT2D eigenvalue weighted by Gasteiger charge is -2.27. The highest BCUT2D eigenvalue weighted by molar-refractivity contribution is 5.87. The van der Waals surface area contributed by atoms with Crippen molar-refractivity contribution in [2.24, 2.45) is 0 Å². The molecule has 1 atom stereocenters. The molecule has 4 aromatic heterocycles. The number of nitro groups is 1. The summed E-state index contributed by atoms with van der Waals surface area (Å²) in [6.07, 6.45) is 4.71. The first kappa shape index (κ1) is 20.9. The highest BCUT2D eigenvalue weighted by Gasteiger charge is 2.40. The smallest absolute Gasteiger partial charge is 0.344 e. The van der Waals surface area contributed by atoms with Crippen molar-refractivity contribution < 1.29 is 14.1 Å². The fraction of sp³-hybridized carbons (Fsp3) is 0.0385. The number of hydrogen-bond acceptors (Lipinski definition) is 9. The van der Waals surface area contributed by atoms with Gasteiger partial charge in [-0.25, -0.2) is 19.3 Å². The summed E-state index contributed by atoms with van der Waals surface area (Å²) < 4.78 is 13.3. The van der Waals surface area contributed by atoms with Gasteiger partial charge in [-0.1, -0.05) is 30.3 Å². The highest BCUT2D eigenvalue weighted by Crippen LogP contribution is 2.50. The van der Waals surface area contributed by atoms with Crippen LogP contribution in [-0.4, -0.2) is 29.5 Å². The average molecular weight is 490 g/mol. The Labute approximate surface area is 206 Å². The summed E-state index contributed by atoms with van der Waals surface area (Å²) in [5.74, 6) is -0.136. The molecular weight excluding hydrogens is 476 g/mol. The van der Waals surface area contributed by atoms with Crippen LogP contribution in [0.15, 0.2) is 88.6 Å². The Balaban J connectivity index is 1.59. The predicted molar refractivity (Wildman–Crippen MR) is 131 cm³/mol. The van der Waals surface area contributed by atoms with E-state index in [1.54, 1.807) is 67.0 Å². The van der Waals surface area contributed by atoms with Gasteiger partial charge < -0.3 is 9.15 Å². The molecule has 7 rings (SSSR count). The quantitative estimate of drug-likeness (QED) is 0.199. The summed E-state index contributed by atoms with van der Waals surface area (Å²) in [5, 5.41) is 17.1. The normalized spacial score (nSPS) is 14.2. The van der Waals surface area contributed by atoms with Crippen molar-refractivity contribution in [3.63, 3.8) is 0 Å². The Morgan fingerprint density at radius 3 is 2.59 bits per heavy atom. The van der Waals surface area contributed by atoms with E-state index in [2.05, 4.69) is 15.1 Å². The molecule has 0 radical (unpaired) electrons. The van der Waals surface area contributed by atoms with Gasteiger partial charge in [0.1, 0.15) is 11.9 Å². The van der Waals surface area contributed by atoms with Crippen LogP contribution in [0.3, 0.4) is 0 Å². The topological polar surface area (TPSA) is 139 Å². The standard InChI is InChI=1S/C26H14N6O5/c33-26-20-19(15-5-1-3-7-17(15)32(34)35)21-24-29-23(14-9-11-27-12-10-14)30-31(24)13-28-25(21)37-22(20)16-6-2-4-8-18(16)36-26/h1-13,19H. The number of hydrogen-bond donors (Lipinski definition) is 0. The first-order valence-electron chi connectivity index (χ1n) is 11.2. The van der Waals surface area contributed by atoms with Crippen LogP contribution in [0, 0.1) is 10.1 Å². The molecule has 0 spiro atoms. The predicted octanol–water partition coefficient (Wildman–Crippen LogP) is 4.49. The molecular formula is C26H14N6O5. The van der Waals surface area contributed by atoms with Crippen molar-refractivity contribution in [1.82, 2.24) is 24.6 Å². The largest absolute Gasteiger partial charge is 0.437 e. The number of nitrogens with zero attached hydrogens (tertiary/aromatic N) is 6. The van der Waals surface area contributed by atoms with Gasteiger partial charge in [0, 0.05) is 29.6 Å². The molecule has 5 heterocycles. The lowest BCUT2D eigenvalue weighted by Crippen LogP contribution is -2.23. The first-order chi connectivity index (χ1) is 18.1. The van der Waals surface area contributed by atoms with E-state index in [4.69, 9.17) is 14.1 Å².